The zero-order valence-corrected chi connectivity index (χ0v) is 15.1. The van der Waals surface area contributed by atoms with Crippen molar-refractivity contribution in [3.63, 3.8) is 0 Å². The van der Waals surface area contributed by atoms with Crippen LogP contribution in [0, 0.1) is 0 Å². The van der Waals surface area contributed by atoms with Crippen LogP contribution in [0.5, 0.6) is 0 Å². The summed E-state index contributed by atoms with van der Waals surface area (Å²) in [6, 6.07) is 4.08. The van der Waals surface area contributed by atoms with E-state index in [9.17, 15) is 4.79 Å². The molecule has 114 valence electrons. The molecule has 1 heterocycles. The zero-order chi connectivity index (χ0) is 13.9. The molecular weight excluding hydrogens is 387 g/mol. The number of carbonyl (C=O) groups excluding carboxylic acids is 1. The summed E-state index contributed by atoms with van der Waals surface area (Å²) in [4.78, 5) is 17.0. The smallest absolute Gasteiger partial charge is 0.241 e. The van der Waals surface area contributed by atoms with Gasteiger partial charge in [0, 0.05) is 18.0 Å². The molecule has 0 saturated heterocycles. The second-order valence-electron chi connectivity index (χ2n) is 3.98. The summed E-state index contributed by atoms with van der Waals surface area (Å²) in [5.74, 6) is 0.623. The summed E-state index contributed by atoms with van der Waals surface area (Å²) in [5.41, 5.74) is 0. The highest BCUT2D eigenvalue weighted by atomic mass is 127. The summed E-state index contributed by atoms with van der Waals surface area (Å²) < 4.78 is 0. The quantitative estimate of drug-likeness (QED) is 0.366. The van der Waals surface area contributed by atoms with Crippen molar-refractivity contribution >= 4 is 47.2 Å². The molecular formula is C13H23IN4OS. The van der Waals surface area contributed by atoms with Crippen molar-refractivity contribution in [1.29, 1.82) is 0 Å². The average molecular weight is 410 g/mol. The first-order valence-corrected chi connectivity index (χ1v) is 7.45. The third kappa shape index (κ3) is 8.36. The minimum absolute atomic E-state index is 0. The molecule has 0 radical (unpaired) electrons. The van der Waals surface area contributed by atoms with Gasteiger partial charge in [-0.25, -0.2) is 4.99 Å². The Morgan fingerprint density at radius 3 is 2.70 bits per heavy atom. The Hall–Kier alpha value is -0.830. The van der Waals surface area contributed by atoms with Gasteiger partial charge in [-0.2, -0.15) is 0 Å². The van der Waals surface area contributed by atoms with Gasteiger partial charge in [-0.1, -0.05) is 13.0 Å². The highest BCUT2D eigenvalue weighted by Crippen LogP contribution is 2.06. The zero-order valence-electron chi connectivity index (χ0n) is 11.9. The number of nitrogens with one attached hydrogen (secondary N) is 3. The van der Waals surface area contributed by atoms with Crippen LogP contribution >= 0.6 is 35.3 Å². The largest absolute Gasteiger partial charge is 0.357 e. The lowest BCUT2D eigenvalue weighted by molar-refractivity contribution is -0.119. The van der Waals surface area contributed by atoms with Gasteiger partial charge in [-0.3, -0.25) is 4.79 Å². The number of rotatable bonds is 7. The van der Waals surface area contributed by atoms with Gasteiger partial charge in [0.05, 0.1) is 6.54 Å². The van der Waals surface area contributed by atoms with Gasteiger partial charge < -0.3 is 16.0 Å². The third-order valence-electron chi connectivity index (χ3n) is 2.31. The van der Waals surface area contributed by atoms with Gasteiger partial charge in [0.25, 0.3) is 0 Å². The van der Waals surface area contributed by atoms with E-state index in [1.54, 1.807) is 11.3 Å². The number of amides is 1. The van der Waals surface area contributed by atoms with Gasteiger partial charge in [0.15, 0.2) is 5.96 Å². The van der Waals surface area contributed by atoms with E-state index in [4.69, 9.17) is 0 Å². The number of guanidine groups is 1. The molecule has 0 saturated carbocycles. The molecule has 0 spiro atoms. The molecule has 0 bridgehead atoms. The van der Waals surface area contributed by atoms with Crippen LogP contribution in [0.2, 0.25) is 0 Å². The summed E-state index contributed by atoms with van der Waals surface area (Å²) in [6.45, 7) is 6.37. The Labute approximate surface area is 141 Å². The summed E-state index contributed by atoms with van der Waals surface area (Å²) in [6.07, 6.45) is 0.937. The van der Waals surface area contributed by atoms with Crippen molar-refractivity contribution in [1.82, 2.24) is 16.0 Å². The molecule has 5 nitrogen and oxygen atoms in total. The van der Waals surface area contributed by atoms with Gasteiger partial charge in [0.2, 0.25) is 5.91 Å². The molecule has 0 atom stereocenters. The Morgan fingerprint density at radius 2 is 2.10 bits per heavy atom. The first-order chi connectivity index (χ1) is 9.26. The van der Waals surface area contributed by atoms with Crippen molar-refractivity contribution < 1.29 is 4.79 Å². The van der Waals surface area contributed by atoms with Gasteiger partial charge >= 0.3 is 0 Å². The van der Waals surface area contributed by atoms with Crippen LogP contribution in [-0.4, -0.2) is 31.5 Å². The molecule has 20 heavy (non-hydrogen) atoms. The van der Waals surface area contributed by atoms with Crippen LogP contribution < -0.4 is 16.0 Å². The summed E-state index contributed by atoms with van der Waals surface area (Å²) in [5, 5.41) is 11.2. The molecule has 0 aliphatic carbocycles. The maximum Gasteiger partial charge on any atom is 0.241 e. The predicted molar refractivity (Wildman–Crippen MR) is 95.9 cm³/mol. The highest BCUT2D eigenvalue weighted by molar-refractivity contribution is 14.0. The Bertz CT molecular complexity index is 395. The summed E-state index contributed by atoms with van der Waals surface area (Å²) in [7, 11) is 0. The van der Waals surface area contributed by atoms with E-state index in [-0.39, 0.29) is 36.4 Å². The molecule has 3 N–H and O–H groups in total. The number of aliphatic imine (C=N–C) groups is 1. The fourth-order valence-electron chi connectivity index (χ4n) is 1.40. The normalized spacial score (nSPS) is 10.6. The van der Waals surface area contributed by atoms with Crippen molar-refractivity contribution in [2.45, 2.75) is 26.8 Å². The van der Waals surface area contributed by atoms with Crippen LogP contribution in [0.1, 0.15) is 25.1 Å². The highest BCUT2D eigenvalue weighted by Gasteiger charge is 2.01. The fraction of sp³-hybridized carbons (Fsp3) is 0.538. The first-order valence-electron chi connectivity index (χ1n) is 6.57. The maximum absolute atomic E-state index is 11.5. The number of carbonyl (C=O) groups is 1. The predicted octanol–water partition coefficient (Wildman–Crippen LogP) is 1.95. The van der Waals surface area contributed by atoms with E-state index < -0.39 is 0 Å². The minimum atomic E-state index is -0.0461. The molecule has 0 unspecified atom stereocenters. The van der Waals surface area contributed by atoms with Crippen molar-refractivity contribution in [3.05, 3.63) is 22.4 Å². The van der Waals surface area contributed by atoms with Crippen molar-refractivity contribution in [3.8, 4) is 0 Å². The van der Waals surface area contributed by atoms with Gasteiger partial charge in [0.1, 0.15) is 6.54 Å². The SMILES string of the molecule is CCCNC(=O)CN=C(NCC)NCc1cccs1.I. The molecule has 0 aliphatic rings. The summed E-state index contributed by atoms with van der Waals surface area (Å²) >= 11 is 1.69. The maximum atomic E-state index is 11.5. The van der Waals surface area contributed by atoms with Crippen LogP contribution in [0.15, 0.2) is 22.5 Å². The van der Waals surface area contributed by atoms with Gasteiger partial charge in [-0.15, -0.1) is 35.3 Å². The second-order valence-corrected chi connectivity index (χ2v) is 5.01. The standard InChI is InChI=1S/C13H22N4OS.HI/c1-3-7-15-12(18)10-17-13(14-4-2)16-9-11-6-5-8-19-11;/h5-6,8H,3-4,7,9-10H2,1-2H3,(H,15,18)(H2,14,16,17);1H. The lowest BCUT2D eigenvalue weighted by Gasteiger charge is -2.10. The third-order valence-corrected chi connectivity index (χ3v) is 3.18. The molecule has 1 aromatic heterocycles. The van der Waals surface area contributed by atoms with E-state index in [1.165, 1.54) is 4.88 Å². The molecule has 0 aliphatic heterocycles. The van der Waals surface area contributed by atoms with Crippen LogP contribution in [0.4, 0.5) is 0 Å². The number of nitrogens with zero attached hydrogens (tertiary/aromatic N) is 1. The molecule has 0 aromatic carbocycles. The van der Waals surface area contributed by atoms with Crippen LogP contribution in [0.3, 0.4) is 0 Å². The van der Waals surface area contributed by atoms with Crippen LogP contribution in [0.25, 0.3) is 0 Å². The second kappa shape index (κ2) is 12.0. The topological polar surface area (TPSA) is 65.5 Å². The molecule has 1 amide bonds. The van der Waals surface area contributed by atoms with Crippen LogP contribution in [-0.2, 0) is 11.3 Å². The fourth-order valence-corrected chi connectivity index (χ4v) is 2.04. The van der Waals surface area contributed by atoms with Crippen molar-refractivity contribution in [2.75, 3.05) is 19.6 Å². The number of hydrogen-bond acceptors (Lipinski definition) is 3. The van der Waals surface area contributed by atoms with Gasteiger partial charge in [-0.05, 0) is 24.8 Å². The molecule has 7 heteroatoms. The van der Waals surface area contributed by atoms with E-state index in [1.807, 2.05) is 25.3 Å². The Kier molecular flexibility index (Phi) is 11.5. The number of halogens is 1. The monoisotopic (exact) mass is 410 g/mol. The molecule has 0 fully saturated rings. The lowest BCUT2D eigenvalue weighted by atomic mass is 10.4. The Morgan fingerprint density at radius 1 is 1.30 bits per heavy atom. The average Bonchev–Trinajstić information content (AvgIpc) is 2.92. The Balaban J connectivity index is 0.00000361. The lowest BCUT2D eigenvalue weighted by Crippen LogP contribution is -2.38. The molecule has 1 aromatic rings. The number of thiophene rings is 1. The van der Waals surface area contributed by atoms with E-state index in [0.29, 0.717) is 12.5 Å². The number of hydrogen-bond donors (Lipinski definition) is 3. The van der Waals surface area contributed by atoms with E-state index in [2.05, 4.69) is 27.0 Å². The van der Waals surface area contributed by atoms with Crippen molar-refractivity contribution in [2.24, 2.45) is 4.99 Å². The molecule has 1 rings (SSSR count). The van der Waals surface area contributed by atoms with E-state index in [0.717, 1.165) is 19.5 Å². The first kappa shape index (κ1) is 19.2. The van der Waals surface area contributed by atoms with E-state index >= 15 is 0 Å². The minimum Gasteiger partial charge on any atom is -0.357 e.